The predicted octanol–water partition coefficient (Wildman–Crippen LogP) is 1.81. The number of alkyl halides is 3. The number of aliphatic carboxylic acids is 1. The summed E-state index contributed by atoms with van der Waals surface area (Å²) < 4.78 is 69.7. The minimum Gasteiger partial charge on any atom is -0.475 e. The molecule has 0 saturated carbocycles. The molecule has 0 unspecified atom stereocenters. The first-order valence-electron chi connectivity index (χ1n) is 8.98. The molecule has 2 saturated heterocycles. The lowest BCUT2D eigenvalue weighted by Crippen LogP contribution is -2.44. The van der Waals surface area contributed by atoms with Gasteiger partial charge in [-0.2, -0.15) is 17.5 Å². The van der Waals surface area contributed by atoms with Gasteiger partial charge in [0.25, 0.3) is 0 Å². The van der Waals surface area contributed by atoms with Crippen molar-refractivity contribution in [2.24, 2.45) is 0 Å². The number of halogens is 3. The van der Waals surface area contributed by atoms with Crippen LogP contribution in [0.4, 0.5) is 13.2 Å². The van der Waals surface area contributed by atoms with Crippen LogP contribution in [0.3, 0.4) is 0 Å². The zero-order valence-electron chi connectivity index (χ0n) is 15.7. The SMILES string of the molecule is CCS(=O)(=O)N1C[C@@H](OCc2ccncc2)[C@H]2OCCC[C@H]21.O=C(O)C(F)(F)F. The number of nitrogens with zero attached hydrogens (tertiary/aromatic N) is 2. The van der Waals surface area contributed by atoms with Gasteiger partial charge in [0, 0.05) is 25.5 Å². The molecular formula is C17H23F3N2O6S. The molecule has 12 heteroatoms. The van der Waals surface area contributed by atoms with Crippen LogP contribution in [-0.2, 0) is 30.9 Å². The molecular weight excluding hydrogens is 417 g/mol. The number of fused-ring (bicyclic) bond motifs is 1. The van der Waals surface area contributed by atoms with E-state index < -0.39 is 22.2 Å². The van der Waals surface area contributed by atoms with Crippen LogP contribution in [0.2, 0.25) is 0 Å². The minimum absolute atomic E-state index is 0.0823. The molecule has 0 aromatic carbocycles. The number of hydrogen-bond acceptors (Lipinski definition) is 6. The van der Waals surface area contributed by atoms with Crippen molar-refractivity contribution in [3.05, 3.63) is 30.1 Å². The maximum Gasteiger partial charge on any atom is 0.490 e. The molecule has 0 radical (unpaired) electrons. The van der Waals surface area contributed by atoms with E-state index in [1.165, 1.54) is 0 Å². The maximum atomic E-state index is 12.3. The van der Waals surface area contributed by atoms with E-state index in [1.54, 1.807) is 23.6 Å². The summed E-state index contributed by atoms with van der Waals surface area (Å²) in [5, 5.41) is 7.12. The number of carbonyl (C=O) groups is 1. The Kier molecular flexibility index (Phi) is 7.97. The third kappa shape index (κ3) is 6.36. The molecule has 3 rings (SSSR count). The summed E-state index contributed by atoms with van der Waals surface area (Å²) in [6.45, 7) is 3.19. The predicted molar refractivity (Wildman–Crippen MR) is 95.4 cm³/mol. The second-order valence-electron chi connectivity index (χ2n) is 6.52. The molecule has 1 aromatic rings. The number of carboxylic acids is 1. The van der Waals surface area contributed by atoms with Gasteiger partial charge in [-0.25, -0.2) is 13.2 Å². The highest BCUT2D eigenvalue weighted by atomic mass is 32.2. The van der Waals surface area contributed by atoms with Crippen LogP contribution in [-0.4, -0.2) is 72.1 Å². The molecule has 0 spiro atoms. The molecule has 164 valence electrons. The topological polar surface area (TPSA) is 106 Å². The van der Waals surface area contributed by atoms with Crippen molar-refractivity contribution in [3.8, 4) is 0 Å². The molecule has 0 amide bonds. The second-order valence-corrected chi connectivity index (χ2v) is 8.73. The first-order chi connectivity index (χ1) is 13.6. The van der Waals surface area contributed by atoms with Gasteiger partial charge in [0.1, 0.15) is 6.10 Å². The Morgan fingerprint density at radius 1 is 1.38 bits per heavy atom. The van der Waals surface area contributed by atoms with E-state index in [0.29, 0.717) is 19.8 Å². The Morgan fingerprint density at radius 2 is 2.00 bits per heavy atom. The number of hydrogen-bond donors (Lipinski definition) is 1. The minimum atomic E-state index is -5.08. The van der Waals surface area contributed by atoms with Gasteiger partial charge in [0.15, 0.2) is 0 Å². The maximum absolute atomic E-state index is 12.3. The van der Waals surface area contributed by atoms with Crippen LogP contribution >= 0.6 is 0 Å². The monoisotopic (exact) mass is 440 g/mol. The van der Waals surface area contributed by atoms with Crippen molar-refractivity contribution in [2.75, 3.05) is 18.9 Å². The van der Waals surface area contributed by atoms with Crippen molar-refractivity contribution in [1.82, 2.24) is 9.29 Å². The summed E-state index contributed by atoms with van der Waals surface area (Å²) in [6, 6.07) is 3.71. The molecule has 0 bridgehead atoms. The van der Waals surface area contributed by atoms with Gasteiger partial charge >= 0.3 is 12.1 Å². The molecule has 3 heterocycles. The van der Waals surface area contributed by atoms with Gasteiger partial charge in [-0.1, -0.05) is 0 Å². The molecule has 8 nitrogen and oxygen atoms in total. The fourth-order valence-electron chi connectivity index (χ4n) is 3.18. The molecule has 29 heavy (non-hydrogen) atoms. The van der Waals surface area contributed by atoms with E-state index in [2.05, 4.69) is 4.98 Å². The van der Waals surface area contributed by atoms with Crippen LogP contribution < -0.4 is 0 Å². The average molecular weight is 440 g/mol. The third-order valence-corrected chi connectivity index (χ3v) is 6.47. The second kappa shape index (κ2) is 9.83. The molecule has 1 aromatic heterocycles. The standard InChI is InChI=1S/C15H22N2O4S.C2HF3O2/c1-2-22(18,19)17-10-14(15-13(17)4-3-9-20-15)21-11-12-5-7-16-8-6-12;3-2(4,5)1(6)7/h5-8,13-15H,2-4,9-11H2,1H3;(H,6,7)/t13-,14-,15+;/m1./s1. The number of aromatic nitrogens is 1. The Hall–Kier alpha value is -1.76. The first kappa shape index (κ1) is 23.5. The lowest BCUT2D eigenvalue weighted by atomic mass is 10.0. The van der Waals surface area contributed by atoms with E-state index in [-0.39, 0.29) is 24.0 Å². The van der Waals surface area contributed by atoms with E-state index in [1.807, 2.05) is 12.1 Å². The first-order valence-corrected chi connectivity index (χ1v) is 10.6. The summed E-state index contributed by atoms with van der Waals surface area (Å²) in [5.41, 5.74) is 1.03. The van der Waals surface area contributed by atoms with Crippen LogP contribution in [0.25, 0.3) is 0 Å². The number of sulfonamides is 1. The fourth-order valence-corrected chi connectivity index (χ4v) is 4.53. The van der Waals surface area contributed by atoms with Crippen molar-refractivity contribution in [1.29, 1.82) is 0 Å². The van der Waals surface area contributed by atoms with E-state index >= 15 is 0 Å². The molecule has 0 aliphatic carbocycles. The highest BCUT2D eigenvalue weighted by Crippen LogP contribution is 2.33. The molecule has 2 fully saturated rings. The Labute approximate surface area is 166 Å². The zero-order chi connectivity index (χ0) is 21.7. The molecule has 3 atom stereocenters. The number of carboxylic acid groups (broad SMARTS) is 1. The van der Waals surface area contributed by atoms with Gasteiger partial charge in [-0.05, 0) is 37.5 Å². The summed E-state index contributed by atoms with van der Waals surface area (Å²) in [7, 11) is -3.22. The largest absolute Gasteiger partial charge is 0.490 e. The highest BCUT2D eigenvalue weighted by Gasteiger charge is 2.48. The van der Waals surface area contributed by atoms with Crippen molar-refractivity contribution < 1.29 is 41.0 Å². The Bertz CT molecular complexity index is 775. The van der Waals surface area contributed by atoms with E-state index in [0.717, 1.165) is 18.4 Å². The fraction of sp³-hybridized carbons (Fsp3) is 0.647. The normalized spacial score (nSPS) is 25.0. The number of rotatable bonds is 5. The summed E-state index contributed by atoms with van der Waals surface area (Å²) in [6.07, 6.45) is -0.258. The van der Waals surface area contributed by atoms with Crippen LogP contribution in [0, 0.1) is 0 Å². The highest BCUT2D eigenvalue weighted by molar-refractivity contribution is 7.89. The Balaban J connectivity index is 0.000000370. The number of ether oxygens (including phenoxy) is 2. The zero-order valence-corrected chi connectivity index (χ0v) is 16.5. The van der Waals surface area contributed by atoms with Gasteiger partial charge in [-0.3, -0.25) is 4.98 Å². The van der Waals surface area contributed by atoms with Crippen molar-refractivity contribution >= 4 is 16.0 Å². The number of pyridine rings is 1. The smallest absolute Gasteiger partial charge is 0.475 e. The summed E-state index contributed by atoms with van der Waals surface area (Å²) in [5.74, 6) is -2.64. The van der Waals surface area contributed by atoms with Crippen molar-refractivity contribution in [2.45, 2.75) is 50.8 Å². The Morgan fingerprint density at radius 3 is 2.55 bits per heavy atom. The molecule has 1 N–H and O–H groups in total. The lowest BCUT2D eigenvalue weighted by Gasteiger charge is -2.31. The quantitative estimate of drug-likeness (QED) is 0.744. The lowest BCUT2D eigenvalue weighted by molar-refractivity contribution is -0.192. The van der Waals surface area contributed by atoms with Gasteiger partial charge in [-0.15, -0.1) is 0 Å². The van der Waals surface area contributed by atoms with Crippen LogP contribution in [0.5, 0.6) is 0 Å². The van der Waals surface area contributed by atoms with E-state index in [9.17, 15) is 21.6 Å². The molecule has 2 aliphatic rings. The van der Waals surface area contributed by atoms with Crippen LogP contribution in [0.15, 0.2) is 24.5 Å². The van der Waals surface area contributed by atoms with Crippen molar-refractivity contribution in [3.63, 3.8) is 0 Å². The van der Waals surface area contributed by atoms with Gasteiger partial charge in [0.05, 0.1) is 24.5 Å². The average Bonchev–Trinajstić information content (AvgIpc) is 3.06. The molecule has 2 aliphatic heterocycles. The summed E-state index contributed by atoms with van der Waals surface area (Å²) >= 11 is 0. The van der Waals surface area contributed by atoms with Gasteiger partial charge < -0.3 is 14.6 Å². The third-order valence-electron chi connectivity index (χ3n) is 4.61. The van der Waals surface area contributed by atoms with Crippen LogP contribution in [0.1, 0.15) is 25.3 Å². The van der Waals surface area contributed by atoms with Gasteiger partial charge in [0.2, 0.25) is 10.0 Å². The summed E-state index contributed by atoms with van der Waals surface area (Å²) in [4.78, 5) is 12.9. The van der Waals surface area contributed by atoms with E-state index in [4.69, 9.17) is 19.4 Å².